The predicted molar refractivity (Wildman–Crippen MR) is 132 cm³/mol. The quantitative estimate of drug-likeness (QED) is 0.510. The molecule has 0 aromatic carbocycles. The van der Waals surface area contributed by atoms with Crippen molar-refractivity contribution in [2.24, 2.45) is 11.8 Å². The van der Waals surface area contributed by atoms with Crippen molar-refractivity contribution in [1.82, 2.24) is 14.3 Å². The first-order chi connectivity index (χ1) is 14.7. The van der Waals surface area contributed by atoms with Crippen molar-refractivity contribution in [3.8, 4) is 0 Å². The van der Waals surface area contributed by atoms with Crippen molar-refractivity contribution in [2.75, 3.05) is 24.5 Å². The van der Waals surface area contributed by atoms with E-state index < -0.39 is 0 Å². The summed E-state index contributed by atoms with van der Waals surface area (Å²) in [5.74, 6) is 1.51. The number of hydrogen-bond donors (Lipinski definition) is 0. The van der Waals surface area contributed by atoms with Crippen LogP contribution in [-0.2, 0) is 4.79 Å². The average molecular weight is 457 g/mol. The van der Waals surface area contributed by atoms with E-state index in [2.05, 4.69) is 25.7 Å². The summed E-state index contributed by atoms with van der Waals surface area (Å²) in [5.41, 5.74) is 1.90. The molecule has 4 rings (SSSR count). The van der Waals surface area contributed by atoms with Crippen LogP contribution >= 0.6 is 24.0 Å². The molecule has 0 spiro atoms. The van der Waals surface area contributed by atoms with Crippen molar-refractivity contribution in [1.29, 1.82) is 0 Å². The molecule has 4 heterocycles. The van der Waals surface area contributed by atoms with Crippen LogP contribution in [0.25, 0.3) is 11.7 Å². The van der Waals surface area contributed by atoms with Gasteiger partial charge in [-0.15, -0.1) is 0 Å². The Hall–Kier alpha value is -2.19. The maximum atomic E-state index is 13.5. The summed E-state index contributed by atoms with van der Waals surface area (Å²) in [6.07, 6.45) is 5.63. The summed E-state index contributed by atoms with van der Waals surface area (Å²) in [6, 6.07) is 3.83. The standard InChI is InChI=1S/C23H28N4O2S2/c1-14(2)12-27-22(29)18(31-23(27)30)11-17-20(25-9-7-15(3)8-10-25)24-19-6-5-16(4)13-26(19)21(17)28/h5-6,11,13-15H,7-10,12H2,1-4H3. The number of carbonyl (C=O) groups excluding carboxylic acids is 1. The van der Waals surface area contributed by atoms with Crippen LogP contribution in [0.4, 0.5) is 5.82 Å². The first-order valence-electron chi connectivity index (χ1n) is 10.8. The van der Waals surface area contributed by atoms with Crippen LogP contribution in [0.2, 0.25) is 0 Å². The van der Waals surface area contributed by atoms with E-state index in [1.54, 1.807) is 21.6 Å². The normalized spacial score (nSPS) is 19.5. The monoisotopic (exact) mass is 456 g/mol. The minimum absolute atomic E-state index is 0.129. The first-order valence-corrected chi connectivity index (χ1v) is 12.0. The molecule has 8 heteroatoms. The van der Waals surface area contributed by atoms with E-state index in [1.807, 2.05) is 19.1 Å². The summed E-state index contributed by atoms with van der Waals surface area (Å²) in [5, 5.41) is 0. The fraction of sp³-hybridized carbons (Fsp3) is 0.478. The van der Waals surface area contributed by atoms with Crippen LogP contribution in [0.5, 0.6) is 0 Å². The topological polar surface area (TPSA) is 57.9 Å². The van der Waals surface area contributed by atoms with Crippen molar-refractivity contribution < 1.29 is 4.79 Å². The molecule has 0 radical (unpaired) electrons. The summed E-state index contributed by atoms with van der Waals surface area (Å²) < 4.78 is 2.12. The van der Waals surface area contributed by atoms with E-state index in [9.17, 15) is 9.59 Å². The average Bonchev–Trinajstić information content (AvgIpc) is 2.98. The van der Waals surface area contributed by atoms with Crippen molar-refractivity contribution in [3.05, 3.63) is 44.7 Å². The van der Waals surface area contributed by atoms with Crippen LogP contribution in [0.15, 0.2) is 28.0 Å². The third kappa shape index (κ3) is 4.41. The van der Waals surface area contributed by atoms with Crippen LogP contribution in [0.3, 0.4) is 0 Å². The Labute approximate surface area is 192 Å². The largest absolute Gasteiger partial charge is 0.356 e. The number of piperidine rings is 1. The van der Waals surface area contributed by atoms with Crippen LogP contribution < -0.4 is 10.5 Å². The lowest BCUT2D eigenvalue weighted by molar-refractivity contribution is -0.122. The number of pyridine rings is 1. The molecule has 0 aliphatic carbocycles. The third-order valence-electron chi connectivity index (χ3n) is 5.77. The summed E-state index contributed by atoms with van der Waals surface area (Å²) in [4.78, 5) is 35.7. The molecular weight excluding hydrogens is 428 g/mol. The minimum atomic E-state index is -0.156. The number of amides is 1. The third-order valence-corrected chi connectivity index (χ3v) is 7.14. The Bertz CT molecular complexity index is 1130. The number of fused-ring (bicyclic) bond motifs is 1. The molecular formula is C23H28N4O2S2. The van der Waals surface area contributed by atoms with Gasteiger partial charge >= 0.3 is 0 Å². The highest BCUT2D eigenvalue weighted by Crippen LogP contribution is 2.34. The summed E-state index contributed by atoms with van der Waals surface area (Å²) in [7, 11) is 0. The number of thiocarbonyl (C=S) groups is 1. The lowest BCUT2D eigenvalue weighted by Gasteiger charge is -2.32. The number of aryl methyl sites for hydroxylation is 1. The fourth-order valence-corrected chi connectivity index (χ4v) is 5.25. The Balaban J connectivity index is 1.84. The Morgan fingerprint density at radius 2 is 1.97 bits per heavy atom. The van der Waals surface area contributed by atoms with E-state index >= 15 is 0 Å². The molecule has 164 valence electrons. The molecule has 31 heavy (non-hydrogen) atoms. The smallest absolute Gasteiger partial charge is 0.267 e. The van der Waals surface area contributed by atoms with Crippen molar-refractivity contribution >= 4 is 51.7 Å². The lowest BCUT2D eigenvalue weighted by atomic mass is 9.99. The molecule has 0 bridgehead atoms. The van der Waals surface area contributed by atoms with Gasteiger partial charge in [0.2, 0.25) is 0 Å². The fourth-order valence-electron chi connectivity index (χ4n) is 3.99. The highest BCUT2D eigenvalue weighted by atomic mass is 32.2. The number of thioether (sulfide) groups is 1. The molecule has 0 saturated carbocycles. The molecule has 6 nitrogen and oxygen atoms in total. The van der Waals surface area contributed by atoms with Gasteiger partial charge in [0.15, 0.2) is 0 Å². The van der Waals surface area contributed by atoms with E-state index in [-0.39, 0.29) is 11.5 Å². The number of nitrogens with zero attached hydrogens (tertiary/aromatic N) is 4. The number of hydrogen-bond acceptors (Lipinski definition) is 6. The van der Waals surface area contributed by atoms with Gasteiger partial charge in [0, 0.05) is 25.8 Å². The molecule has 2 aromatic heterocycles. The molecule has 0 unspecified atom stereocenters. The Morgan fingerprint density at radius 1 is 1.26 bits per heavy atom. The number of aromatic nitrogens is 2. The summed E-state index contributed by atoms with van der Waals surface area (Å²) >= 11 is 6.71. The molecule has 1 amide bonds. The summed E-state index contributed by atoms with van der Waals surface area (Å²) in [6.45, 7) is 10.6. The molecule has 2 aromatic rings. The van der Waals surface area contributed by atoms with Gasteiger partial charge in [0.1, 0.15) is 15.8 Å². The van der Waals surface area contributed by atoms with E-state index in [4.69, 9.17) is 17.2 Å². The van der Waals surface area contributed by atoms with Crippen LogP contribution in [-0.4, -0.2) is 44.1 Å². The van der Waals surface area contributed by atoms with E-state index in [0.29, 0.717) is 44.6 Å². The van der Waals surface area contributed by atoms with E-state index in [1.165, 1.54) is 11.8 Å². The highest BCUT2D eigenvalue weighted by molar-refractivity contribution is 8.26. The second-order valence-corrected chi connectivity index (χ2v) is 10.6. The van der Waals surface area contributed by atoms with Gasteiger partial charge in [-0.3, -0.25) is 18.9 Å². The lowest BCUT2D eigenvalue weighted by Crippen LogP contribution is -2.36. The maximum Gasteiger partial charge on any atom is 0.267 e. The van der Waals surface area contributed by atoms with Gasteiger partial charge in [-0.05, 0) is 49.3 Å². The first kappa shape index (κ1) is 22.0. The molecule has 2 fully saturated rings. The van der Waals surface area contributed by atoms with Crippen LogP contribution in [0.1, 0.15) is 44.7 Å². The number of anilines is 1. The molecule has 2 saturated heterocycles. The van der Waals surface area contributed by atoms with Gasteiger partial charge in [0.05, 0.1) is 10.5 Å². The second kappa shape index (κ2) is 8.74. The molecule has 0 atom stereocenters. The van der Waals surface area contributed by atoms with Crippen molar-refractivity contribution in [3.63, 3.8) is 0 Å². The van der Waals surface area contributed by atoms with Gasteiger partial charge in [-0.1, -0.05) is 50.8 Å². The predicted octanol–water partition coefficient (Wildman–Crippen LogP) is 4.10. The zero-order valence-electron chi connectivity index (χ0n) is 18.4. The Morgan fingerprint density at radius 3 is 2.65 bits per heavy atom. The molecule has 2 aliphatic rings. The van der Waals surface area contributed by atoms with Crippen molar-refractivity contribution in [2.45, 2.75) is 40.5 Å². The van der Waals surface area contributed by atoms with Crippen LogP contribution in [0, 0.1) is 18.8 Å². The number of rotatable bonds is 4. The van der Waals surface area contributed by atoms with Gasteiger partial charge in [-0.2, -0.15) is 0 Å². The minimum Gasteiger partial charge on any atom is -0.356 e. The zero-order chi connectivity index (χ0) is 22.3. The SMILES string of the molecule is Cc1ccc2nc(N3CCC(C)CC3)c(C=C3SC(=S)N(CC(C)C)C3=O)c(=O)n2c1. The highest BCUT2D eigenvalue weighted by Gasteiger charge is 2.33. The van der Waals surface area contributed by atoms with Gasteiger partial charge < -0.3 is 4.90 Å². The molecule has 0 N–H and O–H groups in total. The number of carbonyl (C=O) groups is 1. The zero-order valence-corrected chi connectivity index (χ0v) is 20.1. The van der Waals surface area contributed by atoms with E-state index in [0.717, 1.165) is 31.5 Å². The maximum absolute atomic E-state index is 13.5. The second-order valence-electron chi connectivity index (χ2n) is 8.94. The van der Waals surface area contributed by atoms with Gasteiger partial charge in [0.25, 0.3) is 11.5 Å². The van der Waals surface area contributed by atoms with Gasteiger partial charge in [-0.25, -0.2) is 4.98 Å². The molecule has 2 aliphatic heterocycles. The Kier molecular flexibility index (Phi) is 6.21.